The van der Waals surface area contributed by atoms with E-state index in [1.54, 1.807) is 12.6 Å². The molecule has 1 N–H and O–H groups in total. The molecule has 0 bridgehead atoms. The molecule has 0 aliphatic carbocycles. The van der Waals surface area contributed by atoms with Gasteiger partial charge in [0.2, 0.25) is 5.91 Å². The van der Waals surface area contributed by atoms with Gasteiger partial charge in [-0.25, -0.2) is 9.78 Å². The van der Waals surface area contributed by atoms with Gasteiger partial charge in [0.25, 0.3) is 0 Å². The maximum atomic E-state index is 11.6. The van der Waals surface area contributed by atoms with Crippen LogP contribution in [-0.2, 0) is 11.3 Å². The van der Waals surface area contributed by atoms with E-state index in [-0.39, 0.29) is 18.2 Å². The number of hydrogen-bond donors (Lipinski definition) is 1. The van der Waals surface area contributed by atoms with Crippen LogP contribution < -0.4 is 5.32 Å². The zero-order chi connectivity index (χ0) is 12.8. The van der Waals surface area contributed by atoms with E-state index in [4.69, 9.17) is 11.6 Å². The van der Waals surface area contributed by atoms with Crippen LogP contribution in [0.3, 0.4) is 0 Å². The lowest BCUT2D eigenvalue weighted by atomic mass is 10.4. The number of carbonyl (C=O) groups excluding carboxylic acids is 2. The molecule has 0 aromatic carbocycles. The summed E-state index contributed by atoms with van der Waals surface area (Å²) in [4.78, 5) is 29.3. The number of amides is 3. The number of nitrogens with zero attached hydrogens (tertiary/aromatic N) is 2. The average Bonchev–Trinajstić information content (AvgIpc) is 2.64. The van der Waals surface area contributed by atoms with Crippen LogP contribution >= 0.6 is 22.9 Å². The SMILES string of the molecule is Cc1ncsc1CN(C)C(=O)NC(=O)CCCl. The van der Waals surface area contributed by atoms with Gasteiger partial charge in [0, 0.05) is 24.2 Å². The number of aryl methyl sites for hydroxylation is 1. The minimum atomic E-state index is -0.423. The molecule has 1 rings (SSSR count). The smallest absolute Gasteiger partial charge is 0.322 e. The molecule has 17 heavy (non-hydrogen) atoms. The summed E-state index contributed by atoms with van der Waals surface area (Å²) in [7, 11) is 1.63. The standard InChI is InChI=1S/C10H14ClN3O2S/c1-7-8(17-6-12-7)5-14(2)10(16)13-9(15)3-4-11/h6H,3-5H2,1-2H3,(H,13,15,16). The number of imide groups is 1. The summed E-state index contributed by atoms with van der Waals surface area (Å²) < 4.78 is 0. The molecule has 0 fully saturated rings. The zero-order valence-corrected chi connectivity index (χ0v) is 11.3. The van der Waals surface area contributed by atoms with Crippen molar-refractivity contribution < 1.29 is 9.59 Å². The van der Waals surface area contributed by atoms with Crippen LogP contribution in [0, 0.1) is 6.92 Å². The Morgan fingerprint density at radius 2 is 2.29 bits per heavy atom. The van der Waals surface area contributed by atoms with Gasteiger partial charge in [0.1, 0.15) is 0 Å². The van der Waals surface area contributed by atoms with Gasteiger partial charge in [-0.1, -0.05) is 0 Å². The van der Waals surface area contributed by atoms with E-state index >= 15 is 0 Å². The van der Waals surface area contributed by atoms with Gasteiger partial charge in [-0.2, -0.15) is 0 Å². The Balaban J connectivity index is 2.47. The molecule has 0 aliphatic rings. The molecular formula is C10H14ClN3O2S. The summed E-state index contributed by atoms with van der Waals surface area (Å²) in [6.45, 7) is 2.33. The van der Waals surface area contributed by atoms with Gasteiger partial charge in [-0.3, -0.25) is 10.1 Å². The van der Waals surface area contributed by atoms with Crippen molar-refractivity contribution in [2.75, 3.05) is 12.9 Å². The molecule has 0 unspecified atom stereocenters. The van der Waals surface area contributed by atoms with Gasteiger partial charge in [0.05, 0.1) is 17.7 Å². The lowest BCUT2D eigenvalue weighted by Gasteiger charge is -2.16. The van der Waals surface area contributed by atoms with Crippen LogP contribution in [0.25, 0.3) is 0 Å². The summed E-state index contributed by atoms with van der Waals surface area (Å²) in [5.74, 6) is -0.158. The minimum Gasteiger partial charge on any atom is -0.322 e. The number of rotatable bonds is 4. The summed E-state index contributed by atoms with van der Waals surface area (Å²) in [5, 5.41) is 2.26. The van der Waals surface area contributed by atoms with Crippen molar-refractivity contribution in [2.24, 2.45) is 0 Å². The first kappa shape index (κ1) is 13.9. The van der Waals surface area contributed by atoms with Crippen molar-refractivity contribution in [3.05, 3.63) is 16.1 Å². The quantitative estimate of drug-likeness (QED) is 0.852. The molecule has 0 saturated carbocycles. The third-order valence-electron chi connectivity index (χ3n) is 2.14. The number of halogens is 1. The first-order valence-corrected chi connectivity index (χ1v) is 6.46. The Kier molecular flexibility index (Phi) is 5.37. The van der Waals surface area contributed by atoms with Gasteiger partial charge >= 0.3 is 6.03 Å². The number of urea groups is 1. The molecule has 1 heterocycles. The van der Waals surface area contributed by atoms with Crippen LogP contribution in [0.1, 0.15) is 17.0 Å². The predicted molar refractivity (Wildman–Crippen MR) is 67.2 cm³/mol. The van der Waals surface area contributed by atoms with Gasteiger partial charge in [-0.05, 0) is 6.92 Å². The maximum Gasteiger partial charge on any atom is 0.324 e. The fourth-order valence-corrected chi connectivity index (χ4v) is 2.13. The molecule has 5 nitrogen and oxygen atoms in total. The summed E-state index contributed by atoms with van der Waals surface area (Å²) in [6.07, 6.45) is 0.140. The van der Waals surface area contributed by atoms with Crippen LogP contribution in [0.2, 0.25) is 0 Å². The largest absolute Gasteiger partial charge is 0.324 e. The Morgan fingerprint density at radius 1 is 1.59 bits per heavy atom. The molecule has 0 aliphatic heterocycles. The topological polar surface area (TPSA) is 62.3 Å². The molecule has 3 amide bonds. The molecule has 7 heteroatoms. The van der Waals surface area contributed by atoms with Crippen molar-refractivity contribution in [2.45, 2.75) is 19.9 Å². The zero-order valence-electron chi connectivity index (χ0n) is 9.70. The number of thiazole rings is 1. The summed E-state index contributed by atoms with van der Waals surface area (Å²) in [5.41, 5.74) is 2.64. The Bertz CT molecular complexity index is 408. The molecule has 1 aromatic heterocycles. The van der Waals surface area contributed by atoms with E-state index in [0.29, 0.717) is 6.54 Å². The van der Waals surface area contributed by atoms with Crippen molar-refractivity contribution >= 4 is 34.9 Å². The van der Waals surface area contributed by atoms with Gasteiger partial charge < -0.3 is 4.90 Å². The van der Waals surface area contributed by atoms with Crippen LogP contribution in [0.4, 0.5) is 4.79 Å². The fraction of sp³-hybridized carbons (Fsp3) is 0.500. The van der Waals surface area contributed by atoms with Crippen molar-refractivity contribution in [3.63, 3.8) is 0 Å². The van der Waals surface area contributed by atoms with E-state index in [2.05, 4.69) is 10.3 Å². The highest BCUT2D eigenvalue weighted by Gasteiger charge is 2.14. The molecule has 0 atom stereocenters. The van der Waals surface area contributed by atoms with Crippen LogP contribution in [0.5, 0.6) is 0 Å². The second-order valence-electron chi connectivity index (χ2n) is 3.51. The van der Waals surface area contributed by atoms with Gasteiger partial charge in [-0.15, -0.1) is 22.9 Å². The van der Waals surface area contributed by atoms with E-state index in [0.717, 1.165) is 10.6 Å². The number of nitrogens with one attached hydrogen (secondary N) is 1. The van der Waals surface area contributed by atoms with E-state index in [1.165, 1.54) is 16.2 Å². The number of carbonyl (C=O) groups is 2. The lowest BCUT2D eigenvalue weighted by Crippen LogP contribution is -2.40. The molecule has 0 saturated heterocycles. The Morgan fingerprint density at radius 3 is 2.82 bits per heavy atom. The number of aromatic nitrogens is 1. The molecular weight excluding hydrogens is 262 g/mol. The molecule has 0 spiro atoms. The highest BCUT2D eigenvalue weighted by Crippen LogP contribution is 2.13. The third kappa shape index (κ3) is 4.32. The summed E-state index contributed by atoms with van der Waals surface area (Å²) in [6, 6.07) is -0.423. The minimum absolute atomic E-state index is 0.140. The van der Waals surface area contributed by atoms with Gasteiger partial charge in [0.15, 0.2) is 0 Å². The number of hydrogen-bond acceptors (Lipinski definition) is 4. The highest BCUT2D eigenvalue weighted by atomic mass is 35.5. The first-order chi connectivity index (χ1) is 8.04. The van der Waals surface area contributed by atoms with Crippen molar-refractivity contribution in [3.8, 4) is 0 Å². The normalized spacial score (nSPS) is 10.1. The Labute approximate surface area is 109 Å². The van der Waals surface area contributed by atoms with E-state index in [1.807, 2.05) is 6.92 Å². The Hall–Kier alpha value is -1.14. The number of alkyl halides is 1. The van der Waals surface area contributed by atoms with Crippen LogP contribution in [0.15, 0.2) is 5.51 Å². The van der Waals surface area contributed by atoms with Crippen LogP contribution in [-0.4, -0.2) is 34.7 Å². The third-order valence-corrected chi connectivity index (χ3v) is 3.25. The first-order valence-electron chi connectivity index (χ1n) is 5.04. The second-order valence-corrected chi connectivity index (χ2v) is 4.83. The van der Waals surface area contributed by atoms with E-state index < -0.39 is 6.03 Å². The molecule has 1 aromatic rings. The average molecular weight is 276 g/mol. The van der Waals surface area contributed by atoms with E-state index in [9.17, 15) is 9.59 Å². The summed E-state index contributed by atoms with van der Waals surface area (Å²) >= 11 is 6.89. The predicted octanol–water partition coefficient (Wildman–Crippen LogP) is 1.75. The van der Waals surface area contributed by atoms with Crippen molar-refractivity contribution in [1.29, 1.82) is 0 Å². The fourth-order valence-electron chi connectivity index (χ4n) is 1.13. The highest BCUT2D eigenvalue weighted by molar-refractivity contribution is 7.09. The second kappa shape index (κ2) is 6.56. The molecule has 0 radical (unpaired) electrons. The molecule has 94 valence electrons. The van der Waals surface area contributed by atoms with Crippen molar-refractivity contribution in [1.82, 2.24) is 15.2 Å². The lowest BCUT2D eigenvalue weighted by molar-refractivity contribution is -0.119. The maximum absolute atomic E-state index is 11.6. The monoisotopic (exact) mass is 275 g/mol.